The molecule has 4 N–H and O–H groups in total. The van der Waals surface area contributed by atoms with Crippen LogP contribution in [-0.2, 0) is 19.2 Å². The Morgan fingerprint density at radius 1 is 1.42 bits per heavy atom. The number of amides is 2. The number of oxime groups is 1. The Morgan fingerprint density at radius 2 is 2.25 bits per heavy atom. The first kappa shape index (κ1) is 23.9. The summed E-state index contributed by atoms with van der Waals surface area (Å²) in [4.78, 5) is 47.7. The van der Waals surface area contributed by atoms with E-state index in [4.69, 9.17) is 10.6 Å². The maximum atomic E-state index is 13.0. The molecular formula is C18H16N10O5S3. The molecule has 0 aromatic carbocycles. The number of fused-ring (bicyclic) bond motifs is 2. The Hall–Kier alpha value is -3.77. The number of nitrogens with two attached hydrogens (primary N) is 1. The lowest BCUT2D eigenvalue weighted by Crippen LogP contribution is -2.71. The van der Waals surface area contributed by atoms with Crippen molar-refractivity contribution < 1.29 is 24.3 Å². The van der Waals surface area contributed by atoms with E-state index < -0.39 is 29.2 Å². The van der Waals surface area contributed by atoms with Gasteiger partial charge < -0.3 is 21.0 Å². The van der Waals surface area contributed by atoms with Gasteiger partial charge in [0.2, 0.25) is 16.7 Å². The highest BCUT2D eigenvalue weighted by Crippen LogP contribution is 2.41. The van der Waals surface area contributed by atoms with Crippen molar-refractivity contribution in [3.05, 3.63) is 35.4 Å². The van der Waals surface area contributed by atoms with E-state index in [1.165, 1.54) is 35.5 Å². The molecule has 18 heteroatoms. The number of nitrogens with one attached hydrogen (secondary N) is 1. The van der Waals surface area contributed by atoms with Crippen LogP contribution in [-0.4, -0.2) is 92.7 Å². The number of β-lactam (4-membered cyclic amide) rings is 1. The van der Waals surface area contributed by atoms with Crippen LogP contribution in [0, 0.1) is 0 Å². The lowest BCUT2D eigenvalue weighted by Gasteiger charge is -2.49. The summed E-state index contributed by atoms with van der Waals surface area (Å²) >= 11 is 3.48. The quantitative estimate of drug-likeness (QED) is 0.140. The Balaban J connectivity index is 1.32. The van der Waals surface area contributed by atoms with Crippen LogP contribution in [0.4, 0.5) is 5.13 Å². The van der Waals surface area contributed by atoms with Gasteiger partial charge in [0.25, 0.3) is 11.8 Å². The lowest BCUT2D eigenvalue weighted by molar-refractivity contribution is -0.150. The van der Waals surface area contributed by atoms with Gasteiger partial charge in [-0.2, -0.15) is 19.0 Å². The van der Waals surface area contributed by atoms with Gasteiger partial charge in [-0.15, -0.1) is 22.0 Å². The topological polar surface area (TPSA) is 203 Å². The summed E-state index contributed by atoms with van der Waals surface area (Å²) in [6.45, 7) is 0. The number of nitrogens with zero attached hydrogens (tertiary/aromatic N) is 8. The van der Waals surface area contributed by atoms with Gasteiger partial charge >= 0.3 is 5.97 Å². The third-order valence-electron chi connectivity index (χ3n) is 5.11. The van der Waals surface area contributed by atoms with Gasteiger partial charge in [-0.1, -0.05) is 16.9 Å². The fourth-order valence-electron chi connectivity index (χ4n) is 3.58. The van der Waals surface area contributed by atoms with Crippen molar-refractivity contribution in [3.63, 3.8) is 0 Å². The van der Waals surface area contributed by atoms with Crippen LogP contribution in [0.5, 0.6) is 0 Å². The van der Waals surface area contributed by atoms with E-state index >= 15 is 0 Å². The van der Waals surface area contributed by atoms with Gasteiger partial charge in [-0.3, -0.25) is 14.5 Å². The number of carboxylic acid groups (broad SMARTS) is 1. The van der Waals surface area contributed by atoms with Crippen molar-refractivity contribution in [3.8, 4) is 0 Å². The molecule has 0 radical (unpaired) electrons. The summed E-state index contributed by atoms with van der Waals surface area (Å²) in [6, 6.07) is 2.52. The van der Waals surface area contributed by atoms with E-state index in [1.807, 2.05) is 0 Å². The number of carbonyl (C=O) groups excluding carboxylic acids is 2. The molecule has 0 spiro atoms. The average Bonchev–Trinajstić information content (AvgIpc) is 3.49. The highest BCUT2D eigenvalue weighted by Gasteiger charge is 2.54. The fraction of sp³-hybridized carbons (Fsp3) is 0.278. The monoisotopic (exact) mass is 548 g/mol. The van der Waals surface area contributed by atoms with Crippen LogP contribution < -0.4 is 11.1 Å². The highest BCUT2D eigenvalue weighted by molar-refractivity contribution is 8.01. The molecule has 3 aromatic rings. The van der Waals surface area contributed by atoms with Gasteiger partial charge in [0.15, 0.2) is 10.8 Å². The number of hydrogen-bond donors (Lipinski definition) is 3. The number of anilines is 1. The summed E-state index contributed by atoms with van der Waals surface area (Å²) in [7, 11) is 1.25. The van der Waals surface area contributed by atoms with Crippen LogP contribution in [0.25, 0.3) is 5.65 Å². The zero-order valence-electron chi connectivity index (χ0n) is 18.3. The van der Waals surface area contributed by atoms with E-state index in [9.17, 15) is 19.5 Å². The first-order valence-corrected chi connectivity index (χ1v) is 12.9. The van der Waals surface area contributed by atoms with Gasteiger partial charge in [0.1, 0.15) is 24.2 Å². The minimum absolute atomic E-state index is 0.0438. The molecule has 2 amide bonds. The van der Waals surface area contributed by atoms with Gasteiger partial charge in [-0.25, -0.2) is 4.79 Å². The second kappa shape index (κ2) is 9.70. The van der Waals surface area contributed by atoms with Crippen molar-refractivity contribution in [2.24, 2.45) is 5.16 Å². The van der Waals surface area contributed by atoms with Gasteiger partial charge in [0, 0.05) is 29.2 Å². The van der Waals surface area contributed by atoms with Crippen molar-refractivity contribution in [1.82, 2.24) is 39.4 Å². The number of carboxylic acids is 1. The standard InChI is InChI=1S/C18H16N10O5S3/c1-33-25-9(12-22-17(19)36-26-12)13(29)21-10-14(30)27-11(16(31)32)7(5-34-15(10)27)6-35-18-24-23-8-3-2-4-20-28(8)18/h2-4,10,15H,5-6H2,1H3,(H,21,29)(H,31,32)(H2,19,22,26)/b25-9-/t10-,15+/m1/s1. The molecule has 0 saturated carbocycles. The zero-order chi connectivity index (χ0) is 25.4. The third kappa shape index (κ3) is 4.22. The van der Waals surface area contributed by atoms with Crippen LogP contribution in [0.2, 0.25) is 0 Å². The largest absolute Gasteiger partial charge is 0.477 e. The van der Waals surface area contributed by atoms with Crippen LogP contribution in [0.15, 0.2) is 39.9 Å². The molecule has 2 atom stereocenters. The number of thioether (sulfide) groups is 2. The summed E-state index contributed by atoms with van der Waals surface area (Å²) in [5.41, 5.74) is 6.33. The summed E-state index contributed by atoms with van der Waals surface area (Å²) < 4.78 is 5.49. The van der Waals surface area contributed by atoms with E-state index in [2.05, 4.69) is 35.1 Å². The molecule has 1 saturated heterocycles. The predicted octanol–water partition coefficient (Wildman–Crippen LogP) is -0.561. The number of rotatable bonds is 8. The summed E-state index contributed by atoms with van der Waals surface area (Å²) in [6.07, 6.45) is 1.60. The number of hydrogen-bond acceptors (Lipinski definition) is 14. The van der Waals surface area contributed by atoms with Gasteiger partial charge in [0.05, 0.1) is 0 Å². The fourth-order valence-corrected chi connectivity index (χ4v) is 6.39. The van der Waals surface area contributed by atoms with Crippen LogP contribution in [0.3, 0.4) is 0 Å². The molecule has 15 nitrogen and oxygen atoms in total. The lowest BCUT2D eigenvalue weighted by atomic mass is 10.0. The number of carbonyl (C=O) groups is 3. The van der Waals surface area contributed by atoms with E-state index in [0.717, 1.165) is 11.5 Å². The SMILES string of the molecule is CO/N=C(\C(=O)N[C@@H]1C(=O)N2C(C(=O)O)=C(CSc3nnc4cccnn34)CS[C@@H]12)c1nsc(N)n1. The second-order valence-electron chi connectivity index (χ2n) is 7.26. The van der Waals surface area contributed by atoms with Crippen molar-refractivity contribution in [2.45, 2.75) is 16.6 Å². The second-order valence-corrected chi connectivity index (χ2v) is 10.1. The maximum absolute atomic E-state index is 13.0. The van der Waals surface area contributed by atoms with Gasteiger partial charge in [-0.05, 0) is 17.7 Å². The Kier molecular flexibility index (Phi) is 6.46. The van der Waals surface area contributed by atoms with Crippen molar-refractivity contribution in [1.29, 1.82) is 0 Å². The predicted molar refractivity (Wildman–Crippen MR) is 129 cm³/mol. The molecule has 36 heavy (non-hydrogen) atoms. The van der Waals surface area contributed by atoms with E-state index in [-0.39, 0.29) is 28.1 Å². The first-order valence-electron chi connectivity index (χ1n) is 10.1. The van der Waals surface area contributed by atoms with Crippen molar-refractivity contribution in [2.75, 3.05) is 24.3 Å². The molecule has 2 aliphatic rings. The minimum Gasteiger partial charge on any atom is -0.477 e. The molecule has 0 bridgehead atoms. The normalized spacial score (nSPS) is 19.8. The van der Waals surface area contributed by atoms with E-state index in [0.29, 0.717) is 22.1 Å². The molecule has 3 aromatic heterocycles. The molecule has 0 aliphatic carbocycles. The first-order chi connectivity index (χ1) is 17.4. The van der Waals surface area contributed by atoms with E-state index in [1.54, 1.807) is 22.8 Å². The average molecular weight is 549 g/mol. The third-order valence-corrected chi connectivity index (χ3v) is 8.00. The molecule has 0 unspecified atom stereocenters. The Bertz CT molecular complexity index is 1440. The van der Waals surface area contributed by atoms with Crippen molar-refractivity contribution >= 4 is 69.3 Å². The molecule has 5 rings (SSSR count). The molecule has 1 fully saturated rings. The number of aromatic nitrogens is 6. The minimum atomic E-state index is -1.23. The highest BCUT2D eigenvalue weighted by atomic mass is 32.2. The Labute approximate surface area is 214 Å². The smallest absolute Gasteiger partial charge is 0.352 e. The Morgan fingerprint density at radius 3 is 2.97 bits per heavy atom. The van der Waals surface area contributed by atoms with Crippen LogP contribution >= 0.6 is 35.1 Å². The molecule has 186 valence electrons. The molecular weight excluding hydrogens is 532 g/mol. The number of aliphatic carboxylic acids is 1. The number of nitrogen functional groups attached to an aromatic ring is 1. The molecule has 5 heterocycles. The maximum Gasteiger partial charge on any atom is 0.352 e. The summed E-state index contributed by atoms with van der Waals surface area (Å²) in [5.74, 6) is -1.98. The van der Waals surface area contributed by atoms with Crippen LogP contribution in [0.1, 0.15) is 5.82 Å². The summed E-state index contributed by atoms with van der Waals surface area (Å²) in [5, 5.41) is 28.4. The molecule has 2 aliphatic heterocycles. The zero-order valence-corrected chi connectivity index (χ0v) is 20.7.